The first kappa shape index (κ1) is 21.7. The Kier molecular flexibility index (Phi) is 8.80. The fourth-order valence-corrected chi connectivity index (χ4v) is 2.68. The fraction of sp³-hybridized carbons (Fsp3) is 0.238. The van der Waals surface area contributed by atoms with Gasteiger partial charge in [0.15, 0.2) is 5.96 Å². The summed E-state index contributed by atoms with van der Waals surface area (Å²) in [4.78, 5) is 4.59. The average Bonchev–Trinajstić information content (AvgIpc) is 3.23. The van der Waals surface area contributed by atoms with Gasteiger partial charge in [-0.25, -0.2) is 9.67 Å². The van der Waals surface area contributed by atoms with Crippen molar-refractivity contribution in [2.75, 3.05) is 13.1 Å². The molecule has 0 atom stereocenters. The lowest BCUT2D eigenvalue weighted by molar-refractivity contribution is 0.475. The zero-order chi connectivity index (χ0) is 18.9. The van der Waals surface area contributed by atoms with E-state index in [0.29, 0.717) is 6.54 Å². The standard InChI is InChI=1S/C21H25N5O.HI/c1-2-22-21(24-16-18-6-10-20(27)11-7-18)23-14-12-17-4-8-19(9-5-17)26-15-3-13-25-26;/h3-11,13,15,27H,2,12,14,16H2,1H3,(H2,22,23,24);1H. The molecule has 3 aromatic rings. The molecule has 2 aromatic carbocycles. The maximum absolute atomic E-state index is 9.35. The van der Waals surface area contributed by atoms with Crippen LogP contribution in [0.15, 0.2) is 72.0 Å². The number of aromatic nitrogens is 2. The first-order valence-corrected chi connectivity index (χ1v) is 9.13. The van der Waals surface area contributed by atoms with Crippen LogP contribution < -0.4 is 10.6 Å². The van der Waals surface area contributed by atoms with Crippen molar-refractivity contribution in [2.24, 2.45) is 4.99 Å². The van der Waals surface area contributed by atoms with Crippen LogP contribution in [-0.4, -0.2) is 33.9 Å². The summed E-state index contributed by atoms with van der Waals surface area (Å²) in [6, 6.07) is 17.4. The minimum atomic E-state index is 0. The number of nitrogens with one attached hydrogen (secondary N) is 2. The molecule has 1 aromatic heterocycles. The van der Waals surface area contributed by atoms with Crippen molar-refractivity contribution in [3.63, 3.8) is 0 Å². The van der Waals surface area contributed by atoms with E-state index in [1.165, 1.54) is 5.56 Å². The molecule has 3 rings (SSSR count). The van der Waals surface area contributed by atoms with E-state index in [1.54, 1.807) is 18.3 Å². The van der Waals surface area contributed by atoms with Crippen molar-refractivity contribution >= 4 is 29.9 Å². The van der Waals surface area contributed by atoms with Crippen LogP contribution in [-0.2, 0) is 13.0 Å². The van der Waals surface area contributed by atoms with Gasteiger partial charge >= 0.3 is 0 Å². The smallest absolute Gasteiger partial charge is 0.191 e. The minimum absolute atomic E-state index is 0. The Balaban J connectivity index is 0.00000280. The number of aliphatic imine (C=N–C) groups is 1. The predicted octanol–water partition coefficient (Wildman–Crippen LogP) is 3.49. The number of phenols is 1. The molecular weight excluding hydrogens is 465 g/mol. The van der Waals surface area contributed by atoms with Gasteiger partial charge in [-0.3, -0.25) is 0 Å². The normalized spacial score (nSPS) is 11.0. The molecule has 0 amide bonds. The van der Waals surface area contributed by atoms with E-state index in [4.69, 9.17) is 0 Å². The number of hydrogen-bond donors (Lipinski definition) is 3. The van der Waals surface area contributed by atoms with E-state index in [9.17, 15) is 5.11 Å². The summed E-state index contributed by atoms with van der Waals surface area (Å²) in [5, 5.41) is 20.2. The molecule has 0 saturated heterocycles. The third-order valence-electron chi connectivity index (χ3n) is 4.11. The number of halogens is 1. The van der Waals surface area contributed by atoms with Crippen LogP contribution in [0.3, 0.4) is 0 Å². The second kappa shape index (κ2) is 11.3. The molecule has 1 heterocycles. The van der Waals surface area contributed by atoms with Crippen molar-refractivity contribution < 1.29 is 5.11 Å². The lowest BCUT2D eigenvalue weighted by atomic mass is 10.1. The molecular formula is C21H26IN5O. The highest BCUT2D eigenvalue weighted by Gasteiger charge is 2.00. The molecule has 0 aliphatic rings. The molecule has 0 fully saturated rings. The highest BCUT2D eigenvalue weighted by Crippen LogP contribution is 2.10. The van der Waals surface area contributed by atoms with Gasteiger partial charge in [0.1, 0.15) is 5.75 Å². The molecule has 148 valence electrons. The molecule has 0 spiro atoms. The van der Waals surface area contributed by atoms with Gasteiger partial charge in [-0.15, -0.1) is 24.0 Å². The third-order valence-corrected chi connectivity index (χ3v) is 4.11. The van der Waals surface area contributed by atoms with E-state index in [0.717, 1.165) is 36.7 Å². The summed E-state index contributed by atoms with van der Waals surface area (Å²) in [5.41, 5.74) is 3.37. The molecule has 0 radical (unpaired) electrons. The van der Waals surface area contributed by atoms with Gasteiger partial charge in [0.05, 0.1) is 12.2 Å². The Morgan fingerprint density at radius 3 is 2.39 bits per heavy atom. The quantitative estimate of drug-likeness (QED) is 0.269. The van der Waals surface area contributed by atoms with E-state index in [-0.39, 0.29) is 29.7 Å². The number of guanidine groups is 1. The number of rotatable bonds is 7. The van der Waals surface area contributed by atoms with Crippen LogP contribution in [0.25, 0.3) is 5.69 Å². The summed E-state index contributed by atoms with van der Waals surface area (Å²) in [5.74, 6) is 1.06. The topological polar surface area (TPSA) is 74.5 Å². The van der Waals surface area contributed by atoms with Crippen molar-refractivity contribution in [1.29, 1.82) is 0 Å². The van der Waals surface area contributed by atoms with Crippen LogP contribution in [0.4, 0.5) is 0 Å². The Morgan fingerprint density at radius 2 is 1.75 bits per heavy atom. The first-order valence-electron chi connectivity index (χ1n) is 9.13. The maximum atomic E-state index is 9.35. The second-order valence-electron chi connectivity index (χ2n) is 6.16. The Hall–Kier alpha value is -2.55. The monoisotopic (exact) mass is 491 g/mol. The van der Waals surface area contributed by atoms with Crippen LogP contribution in [0.1, 0.15) is 18.1 Å². The first-order chi connectivity index (χ1) is 13.2. The zero-order valence-corrected chi connectivity index (χ0v) is 18.2. The highest BCUT2D eigenvalue weighted by atomic mass is 127. The van der Waals surface area contributed by atoms with Crippen LogP contribution in [0, 0.1) is 0 Å². The summed E-state index contributed by atoms with van der Waals surface area (Å²) < 4.78 is 1.85. The number of benzene rings is 2. The summed E-state index contributed by atoms with van der Waals surface area (Å²) >= 11 is 0. The van der Waals surface area contributed by atoms with E-state index >= 15 is 0 Å². The summed E-state index contributed by atoms with van der Waals surface area (Å²) in [7, 11) is 0. The number of phenolic OH excluding ortho intramolecular Hbond substituents is 1. The van der Waals surface area contributed by atoms with Crippen LogP contribution in [0.5, 0.6) is 5.75 Å². The second-order valence-corrected chi connectivity index (χ2v) is 6.16. The van der Waals surface area contributed by atoms with E-state index in [2.05, 4.69) is 45.0 Å². The third kappa shape index (κ3) is 6.56. The molecule has 0 bridgehead atoms. The molecule has 28 heavy (non-hydrogen) atoms. The Labute approximate surface area is 182 Å². The molecule has 6 nitrogen and oxygen atoms in total. The Morgan fingerprint density at radius 1 is 1.04 bits per heavy atom. The van der Waals surface area contributed by atoms with E-state index < -0.39 is 0 Å². The van der Waals surface area contributed by atoms with Gasteiger partial charge in [0.2, 0.25) is 0 Å². The van der Waals surface area contributed by atoms with Gasteiger partial charge in [-0.05, 0) is 54.8 Å². The molecule has 0 aliphatic carbocycles. The van der Waals surface area contributed by atoms with Crippen LogP contribution >= 0.6 is 24.0 Å². The minimum Gasteiger partial charge on any atom is -0.508 e. The van der Waals surface area contributed by atoms with Gasteiger partial charge < -0.3 is 15.7 Å². The number of hydrogen-bond acceptors (Lipinski definition) is 3. The van der Waals surface area contributed by atoms with Gasteiger partial charge in [-0.1, -0.05) is 24.3 Å². The highest BCUT2D eigenvalue weighted by molar-refractivity contribution is 14.0. The molecule has 0 aliphatic heterocycles. The maximum Gasteiger partial charge on any atom is 0.191 e. The molecule has 0 unspecified atom stereocenters. The van der Waals surface area contributed by atoms with Gasteiger partial charge in [0.25, 0.3) is 0 Å². The predicted molar refractivity (Wildman–Crippen MR) is 124 cm³/mol. The lowest BCUT2D eigenvalue weighted by Crippen LogP contribution is -2.38. The molecule has 7 heteroatoms. The average molecular weight is 491 g/mol. The summed E-state index contributed by atoms with van der Waals surface area (Å²) in [6.07, 6.45) is 4.62. The van der Waals surface area contributed by atoms with Gasteiger partial charge in [0, 0.05) is 25.5 Å². The largest absolute Gasteiger partial charge is 0.508 e. The number of aromatic hydroxyl groups is 1. The van der Waals surface area contributed by atoms with Crippen LogP contribution in [0.2, 0.25) is 0 Å². The Bertz CT molecular complexity index is 846. The SMILES string of the molecule is CCNC(=NCc1ccc(O)cc1)NCCc1ccc(-n2cccn2)cc1.I. The molecule has 0 saturated carbocycles. The fourth-order valence-electron chi connectivity index (χ4n) is 2.68. The van der Waals surface area contributed by atoms with Gasteiger partial charge in [-0.2, -0.15) is 5.10 Å². The number of nitrogens with zero attached hydrogens (tertiary/aromatic N) is 3. The van der Waals surface area contributed by atoms with Crippen molar-refractivity contribution in [3.8, 4) is 11.4 Å². The van der Waals surface area contributed by atoms with Crippen molar-refractivity contribution in [3.05, 3.63) is 78.1 Å². The van der Waals surface area contributed by atoms with Crippen molar-refractivity contribution in [2.45, 2.75) is 19.9 Å². The summed E-state index contributed by atoms with van der Waals surface area (Å²) in [6.45, 7) is 4.21. The lowest BCUT2D eigenvalue weighted by Gasteiger charge is -2.11. The van der Waals surface area contributed by atoms with E-state index in [1.807, 2.05) is 36.0 Å². The zero-order valence-electron chi connectivity index (χ0n) is 15.9. The van der Waals surface area contributed by atoms with Crippen molar-refractivity contribution in [1.82, 2.24) is 20.4 Å². The molecule has 3 N–H and O–H groups in total.